The summed E-state index contributed by atoms with van der Waals surface area (Å²) in [6.07, 6.45) is 9.04. The molecule has 76 valence electrons. The Morgan fingerprint density at radius 1 is 1.50 bits per heavy atom. The summed E-state index contributed by atoms with van der Waals surface area (Å²) in [5.41, 5.74) is 4.08. The molecule has 1 unspecified atom stereocenters. The molecule has 0 saturated heterocycles. The first-order chi connectivity index (χ1) is 6.58. The molecule has 1 nitrogen and oxygen atoms in total. The fraction of sp³-hybridized carbons (Fsp3) is 0.500. The molecule has 2 aliphatic rings. The fourth-order valence-electron chi connectivity index (χ4n) is 2.12. The molecular formula is C12H17NS. The molecule has 0 bridgehead atoms. The highest BCUT2D eigenvalue weighted by molar-refractivity contribution is 7.82. The number of thiol groups is 1. The average Bonchev–Trinajstić information content (AvgIpc) is 2.24. The molecule has 1 aliphatic heterocycles. The minimum Gasteiger partial charge on any atom is -0.385 e. The van der Waals surface area contributed by atoms with Crippen LogP contribution < -0.4 is 5.32 Å². The molecule has 1 atom stereocenters. The van der Waals surface area contributed by atoms with E-state index in [1.807, 2.05) is 0 Å². The molecule has 0 aromatic heterocycles. The molecule has 14 heavy (non-hydrogen) atoms. The van der Waals surface area contributed by atoms with E-state index in [2.05, 4.69) is 50.0 Å². The molecule has 0 aromatic carbocycles. The summed E-state index contributed by atoms with van der Waals surface area (Å²) >= 11 is 4.61. The van der Waals surface area contributed by atoms with E-state index in [9.17, 15) is 0 Å². The molecule has 1 heterocycles. The molecule has 0 fully saturated rings. The van der Waals surface area contributed by atoms with Crippen molar-refractivity contribution in [2.75, 3.05) is 6.54 Å². The Bertz CT molecular complexity index is 334. The second-order valence-electron chi connectivity index (χ2n) is 4.32. The van der Waals surface area contributed by atoms with Gasteiger partial charge < -0.3 is 5.32 Å². The second-order valence-corrected chi connectivity index (χ2v) is 5.28. The predicted molar refractivity (Wildman–Crippen MR) is 64.6 cm³/mol. The Morgan fingerprint density at radius 2 is 2.29 bits per heavy atom. The standard InChI is InChI=1S/C12H17NS/c1-9-8-12(2,14)6-5-10-4-3-7-13-11(9)10/h5-6,8,13-14H,3-4,7H2,1-2H3. The van der Waals surface area contributed by atoms with Crippen LogP contribution >= 0.6 is 12.6 Å². The van der Waals surface area contributed by atoms with Crippen molar-refractivity contribution in [3.63, 3.8) is 0 Å². The summed E-state index contributed by atoms with van der Waals surface area (Å²) in [6.45, 7) is 5.38. The molecule has 1 aliphatic carbocycles. The van der Waals surface area contributed by atoms with E-state index >= 15 is 0 Å². The van der Waals surface area contributed by atoms with Gasteiger partial charge in [-0.25, -0.2) is 0 Å². The highest BCUT2D eigenvalue weighted by atomic mass is 32.1. The molecular weight excluding hydrogens is 190 g/mol. The van der Waals surface area contributed by atoms with Gasteiger partial charge in [-0.2, -0.15) is 12.6 Å². The first kappa shape index (κ1) is 9.91. The summed E-state index contributed by atoms with van der Waals surface area (Å²) in [6, 6.07) is 0. The molecule has 0 aromatic rings. The Kier molecular flexibility index (Phi) is 2.48. The lowest BCUT2D eigenvalue weighted by Crippen LogP contribution is -2.22. The average molecular weight is 207 g/mol. The molecule has 0 radical (unpaired) electrons. The van der Waals surface area contributed by atoms with E-state index < -0.39 is 0 Å². The van der Waals surface area contributed by atoms with Gasteiger partial charge in [0.1, 0.15) is 0 Å². The molecule has 0 spiro atoms. The van der Waals surface area contributed by atoms with Crippen molar-refractivity contribution in [2.24, 2.45) is 0 Å². The van der Waals surface area contributed by atoms with Gasteiger partial charge >= 0.3 is 0 Å². The van der Waals surface area contributed by atoms with Crippen LogP contribution in [0.5, 0.6) is 0 Å². The summed E-state index contributed by atoms with van der Waals surface area (Å²) in [4.78, 5) is 0. The van der Waals surface area contributed by atoms with Crippen LogP contribution in [-0.4, -0.2) is 11.3 Å². The van der Waals surface area contributed by atoms with Crippen LogP contribution in [0.4, 0.5) is 0 Å². The number of nitrogens with one attached hydrogen (secondary N) is 1. The maximum Gasteiger partial charge on any atom is 0.0469 e. The first-order valence-corrected chi connectivity index (χ1v) is 5.62. The third-order valence-electron chi connectivity index (χ3n) is 2.77. The third-order valence-corrected chi connectivity index (χ3v) is 3.05. The third kappa shape index (κ3) is 1.90. The zero-order valence-electron chi connectivity index (χ0n) is 8.80. The maximum absolute atomic E-state index is 4.61. The van der Waals surface area contributed by atoms with Gasteiger partial charge in [-0.3, -0.25) is 0 Å². The fourth-order valence-corrected chi connectivity index (χ4v) is 2.39. The largest absolute Gasteiger partial charge is 0.385 e. The summed E-state index contributed by atoms with van der Waals surface area (Å²) in [7, 11) is 0. The first-order valence-electron chi connectivity index (χ1n) is 5.17. The topological polar surface area (TPSA) is 12.0 Å². The number of rotatable bonds is 0. The lowest BCUT2D eigenvalue weighted by molar-refractivity contribution is 0.678. The summed E-state index contributed by atoms with van der Waals surface area (Å²) < 4.78 is -0.108. The van der Waals surface area contributed by atoms with Crippen LogP contribution in [0.1, 0.15) is 26.7 Å². The van der Waals surface area contributed by atoms with E-state index in [4.69, 9.17) is 0 Å². The van der Waals surface area contributed by atoms with E-state index in [-0.39, 0.29) is 4.75 Å². The van der Waals surface area contributed by atoms with E-state index in [0.29, 0.717) is 0 Å². The monoisotopic (exact) mass is 207 g/mol. The van der Waals surface area contributed by atoms with E-state index in [1.54, 1.807) is 0 Å². The van der Waals surface area contributed by atoms with E-state index in [0.717, 1.165) is 6.54 Å². The van der Waals surface area contributed by atoms with Crippen LogP contribution in [0.15, 0.2) is 35.1 Å². The van der Waals surface area contributed by atoms with Gasteiger partial charge in [0.05, 0.1) is 0 Å². The van der Waals surface area contributed by atoms with Crippen molar-refractivity contribution in [3.05, 3.63) is 35.1 Å². The normalized spacial score (nSPS) is 31.8. The summed E-state index contributed by atoms with van der Waals surface area (Å²) in [5.74, 6) is 0. The SMILES string of the molecule is CC1=CC(C)(S)C=CC2=C1NCCC2. The van der Waals surface area contributed by atoms with Gasteiger partial charge in [0, 0.05) is 17.0 Å². The zero-order valence-corrected chi connectivity index (χ0v) is 9.70. The molecule has 0 saturated carbocycles. The summed E-state index contributed by atoms with van der Waals surface area (Å²) in [5, 5.41) is 3.47. The molecule has 0 amide bonds. The van der Waals surface area contributed by atoms with Gasteiger partial charge in [-0.05, 0) is 37.8 Å². The van der Waals surface area contributed by atoms with Crippen LogP contribution in [0.2, 0.25) is 0 Å². The highest BCUT2D eigenvalue weighted by Crippen LogP contribution is 2.30. The quantitative estimate of drug-likeness (QED) is 0.582. The Hall–Kier alpha value is -0.630. The van der Waals surface area contributed by atoms with Gasteiger partial charge in [-0.1, -0.05) is 18.2 Å². The van der Waals surface area contributed by atoms with Gasteiger partial charge in [0.15, 0.2) is 0 Å². The Labute approximate surface area is 91.4 Å². The minimum atomic E-state index is -0.108. The van der Waals surface area contributed by atoms with E-state index in [1.165, 1.54) is 29.7 Å². The van der Waals surface area contributed by atoms with Crippen molar-refractivity contribution in [1.82, 2.24) is 5.32 Å². The number of allylic oxidation sites excluding steroid dienone is 3. The van der Waals surface area contributed by atoms with Gasteiger partial charge in [-0.15, -0.1) is 0 Å². The van der Waals surface area contributed by atoms with Gasteiger partial charge in [0.25, 0.3) is 0 Å². The van der Waals surface area contributed by atoms with Crippen molar-refractivity contribution >= 4 is 12.6 Å². The van der Waals surface area contributed by atoms with Gasteiger partial charge in [0.2, 0.25) is 0 Å². The van der Waals surface area contributed by atoms with Crippen LogP contribution in [0, 0.1) is 0 Å². The van der Waals surface area contributed by atoms with Crippen molar-refractivity contribution in [1.29, 1.82) is 0 Å². The Balaban J connectivity index is 2.43. The molecule has 1 N–H and O–H groups in total. The lowest BCUT2D eigenvalue weighted by Gasteiger charge is -2.20. The predicted octanol–water partition coefficient (Wildman–Crippen LogP) is 2.83. The molecule has 2 heteroatoms. The van der Waals surface area contributed by atoms with Crippen molar-refractivity contribution < 1.29 is 0 Å². The Morgan fingerprint density at radius 3 is 3.07 bits per heavy atom. The number of hydrogen-bond donors (Lipinski definition) is 2. The number of hydrogen-bond acceptors (Lipinski definition) is 2. The smallest absolute Gasteiger partial charge is 0.0469 e. The van der Waals surface area contributed by atoms with Crippen LogP contribution in [-0.2, 0) is 0 Å². The van der Waals surface area contributed by atoms with Crippen molar-refractivity contribution in [2.45, 2.75) is 31.4 Å². The second kappa shape index (κ2) is 3.50. The van der Waals surface area contributed by atoms with Crippen LogP contribution in [0.25, 0.3) is 0 Å². The molecule has 2 rings (SSSR count). The highest BCUT2D eigenvalue weighted by Gasteiger charge is 2.20. The van der Waals surface area contributed by atoms with Crippen LogP contribution in [0.3, 0.4) is 0 Å². The lowest BCUT2D eigenvalue weighted by atomic mass is 10.0. The van der Waals surface area contributed by atoms with Crippen molar-refractivity contribution in [3.8, 4) is 0 Å². The zero-order chi connectivity index (χ0) is 10.2. The minimum absolute atomic E-state index is 0.108. The maximum atomic E-state index is 4.61.